The molecule has 0 spiro atoms. The van der Waals surface area contributed by atoms with Crippen molar-refractivity contribution in [2.24, 2.45) is 0 Å². The number of methoxy groups -OCH3 is 1. The van der Waals surface area contributed by atoms with E-state index >= 15 is 0 Å². The molecule has 1 N–H and O–H groups in total. The Hall–Kier alpha value is -3.86. The van der Waals surface area contributed by atoms with E-state index in [1.807, 2.05) is 78.9 Å². The fourth-order valence-electron chi connectivity index (χ4n) is 3.36. The second-order valence-electron chi connectivity index (χ2n) is 6.86. The first-order chi connectivity index (χ1) is 14.7. The number of nitrogens with one attached hydrogen (secondary N) is 1. The molecule has 0 radical (unpaired) electrons. The molecule has 0 fully saturated rings. The molecule has 1 aromatic heterocycles. The normalized spacial score (nSPS) is 10.6. The maximum atomic E-state index is 13.3. The molecule has 30 heavy (non-hydrogen) atoms. The minimum absolute atomic E-state index is 0.191. The highest BCUT2D eigenvalue weighted by Crippen LogP contribution is 2.27. The Kier molecular flexibility index (Phi) is 5.61. The van der Waals surface area contributed by atoms with E-state index in [0.717, 1.165) is 34.7 Å². The lowest BCUT2D eigenvalue weighted by molar-refractivity contribution is 0.102. The molecule has 0 saturated carbocycles. The lowest BCUT2D eigenvalue weighted by Gasteiger charge is -2.09. The maximum Gasteiger partial charge on any atom is 0.259 e. The molecule has 0 saturated heterocycles. The number of aromatic nitrogens is 2. The molecule has 3 aromatic carbocycles. The standard InChI is InChI=1S/C25H23N3O2/c1-3-18-9-7-8-12-23(18)26-25(29)22-17-28(20-10-5-4-6-11-20)27-24(22)19-13-15-21(30-2)16-14-19/h4-17H,3H2,1-2H3,(H,26,29). The Labute approximate surface area is 175 Å². The van der Waals surface area contributed by atoms with Gasteiger partial charge >= 0.3 is 0 Å². The number of carbonyl (C=O) groups is 1. The van der Waals surface area contributed by atoms with Crippen molar-refractivity contribution < 1.29 is 9.53 Å². The molecular weight excluding hydrogens is 374 g/mol. The van der Waals surface area contributed by atoms with Crippen LogP contribution >= 0.6 is 0 Å². The van der Waals surface area contributed by atoms with Crippen LogP contribution in [0.5, 0.6) is 5.75 Å². The van der Waals surface area contributed by atoms with E-state index in [-0.39, 0.29) is 5.91 Å². The summed E-state index contributed by atoms with van der Waals surface area (Å²) in [7, 11) is 1.63. The first kappa shape index (κ1) is 19.5. The molecule has 0 aliphatic rings. The van der Waals surface area contributed by atoms with Crippen molar-refractivity contribution in [3.63, 3.8) is 0 Å². The van der Waals surface area contributed by atoms with Gasteiger partial charge in [-0.15, -0.1) is 0 Å². The van der Waals surface area contributed by atoms with Gasteiger partial charge in [0.15, 0.2) is 0 Å². The minimum atomic E-state index is -0.191. The van der Waals surface area contributed by atoms with Gasteiger partial charge in [-0.2, -0.15) is 5.10 Å². The number of carbonyl (C=O) groups excluding carboxylic acids is 1. The quantitative estimate of drug-likeness (QED) is 0.476. The Bertz CT molecular complexity index is 1150. The molecule has 1 heterocycles. The number of anilines is 1. The molecule has 4 rings (SSSR count). The first-order valence-electron chi connectivity index (χ1n) is 9.88. The number of rotatable bonds is 6. The first-order valence-corrected chi connectivity index (χ1v) is 9.88. The number of para-hydroxylation sites is 2. The summed E-state index contributed by atoms with van der Waals surface area (Å²) in [6, 6.07) is 25.2. The zero-order valence-corrected chi connectivity index (χ0v) is 17.0. The topological polar surface area (TPSA) is 56.2 Å². The van der Waals surface area contributed by atoms with Gasteiger partial charge in [-0.05, 0) is 54.4 Å². The molecule has 0 aliphatic carbocycles. The smallest absolute Gasteiger partial charge is 0.259 e. The van der Waals surface area contributed by atoms with Gasteiger partial charge in [-0.25, -0.2) is 4.68 Å². The summed E-state index contributed by atoms with van der Waals surface area (Å²) in [6.07, 6.45) is 2.61. The van der Waals surface area contributed by atoms with Crippen LogP contribution in [0, 0.1) is 0 Å². The highest BCUT2D eigenvalue weighted by Gasteiger charge is 2.19. The van der Waals surface area contributed by atoms with Crippen LogP contribution in [0.3, 0.4) is 0 Å². The van der Waals surface area contributed by atoms with Gasteiger partial charge in [0.25, 0.3) is 5.91 Å². The molecule has 1 amide bonds. The van der Waals surface area contributed by atoms with E-state index in [2.05, 4.69) is 12.2 Å². The summed E-state index contributed by atoms with van der Waals surface area (Å²) in [4.78, 5) is 13.3. The van der Waals surface area contributed by atoms with E-state index < -0.39 is 0 Å². The number of hydrogen-bond acceptors (Lipinski definition) is 3. The van der Waals surface area contributed by atoms with Crippen molar-refractivity contribution in [3.8, 4) is 22.7 Å². The van der Waals surface area contributed by atoms with Crippen molar-refractivity contribution in [1.29, 1.82) is 0 Å². The molecule has 5 nitrogen and oxygen atoms in total. The number of amides is 1. The van der Waals surface area contributed by atoms with Gasteiger partial charge in [-0.3, -0.25) is 4.79 Å². The van der Waals surface area contributed by atoms with Crippen LogP contribution in [0.1, 0.15) is 22.8 Å². The number of nitrogens with zero attached hydrogens (tertiary/aromatic N) is 2. The van der Waals surface area contributed by atoms with Crippen LogP contribution < -0.4 is 10.1 Å². The Morgan fingerprint density at radius 3 is 2.37 bits per heavy atom. The minimum Gasteiger partial charge on any atom is -0.497 e. The third-order valence-corrected chi connectivity index (χ3v) is 4.99. The SMILES string of the molecule is CCc1ccccc1NC(=O)c1cn(-c2ccccc2)nc1-c1ccc(OC)cc1. The zero-order valence-electron chi connectivity index (χ0n) is 17.0. The van der Waals surface area contributed by atoms with Gasteiger partial charge in [-0.1, -0.05) is 43.3 Å². The average Bonchev–Trinajstić information content (AvgIpc) is 3.26. The third kappa shape index (κ3) is 3.96. The predicted octanol–water partition coefficient (Wildman–Crippen LogP) is 5.36. The van der Waals surface area contributed by atoms with E-state index in [1.165, 1.54) is 0 Å². The lowest BCUT2D eigenvalue weighted by atomic mass is 10.1. The van der Waals surface area contributed by atoms with Crippen LogP contribution in [0.2, 0.25) is 0 Å². The van der Waals surface area contributed by atoms with Gasteiger partial charge in [0.2, 0.25) is 0 Å². The number of aryl methyl sites for hydroxylation is 1. The van der Waals surface area contributed by atoms with Crippen LogP contribution in [-0.2, 0) is 6.42 Å². The lowest BCUT2D eigenvalue weighted by Crippen LogP contribution is -2.13. The Morgan fingerprint density at radius 2 is 1.67 bits per heavy atom. The fraction of sp³-hybridized carbons (Fsp3) is 0.120. The van der Waals surface area contributed by atoms with Crippen LogP contribution in [0.15, 0.2) is 85.1 Å². The summed E-state index contributed by atoms with van der Waals surface area (Å²) in [6.45, 7) is 2.07. The third-order valence-electron chi connectivity index (χ3n) is 4.99. The molecule has 0 aliphatic heterocycles. The van der Waals surface area contributed by atoms with Crippen LogP contribution in [0.25, 0.3) is 16.9 Å². The second-order valence-corrected chi connectivity index (χ2v) is 6.86. The van der Waals surface area contributed by atoms with E-state index in [1.54, 1.807) is 18.0 Å². The molecule has 5 heteroatoms. The molecule has 0 bridgehead atoms. The van der Waals surface area contributed by atoms with Crippen molar-refractivity contribution in [2.45, 2.75) is 13.3 Å². The van der Waals surface area contributed by atoms with E-state index in [0.29, 0.717) is 11.3 Å². The Balaban J connectivity index is 1.76. The fourth-order valence-corrected chi connectivity index (χ4v) is 3.36. The van der Waals surface area contributed by atoms with Gasteiger partial charge in [0.05, 0.1) is 18.4 Å². The van der Waals surface area contributed by atoms with Crippen molar-refractivity contribution >= 4 is 11.6 Å². The summed E-state index contributed by atoms with van der Waals surface area (Å²) in [5, 5.41) is 7.78. The van der Waals surface area contributed by atoms with Crippen molar-refractivity contribution in [1.82, 2.24) is 9.78 Å². The molecular formula is C25H23N3O2. The summed E-state index contributed by atoms with van der Waals surface area (Å²) < 4.78 is 6.99. The van der Waals surface area contributed by atoms with Gasteiger partial charge < -0.3 is 10.1 Å². The van der Waals surface area contributed by atoms with E-state index in [9.17, 15) is 4.79 Å². The number of ether oxygens (including phenoxy) is 1. The Morgan fingerprint density at radius 1 is 0.967 bits per heavy atom. The summed E-state index contributed by atoms with van der Waals surface area (Å²) in [5.74, 6) is 0.563. The van der Waals surface area contributed by atoms with Crippen LogP contribution in [-0.4, -0.2) is 22.8 Å². The number of benzene rings is 3. The largest absolute Gasteiger partial charge is 0.497 e. The van der Waals surface area contributed by atoms with Gasteiger partial charge in [0, 0.05) is 17.4 Å². The maximum absolute atomic E-state index is 13.3. The molecule has 150 valence electrons. The summed E-state index contributed by atoms with van der Waals surface area (Å²) in [5.41, 5.74) is 4.77. The van der Waals surface area contributed by atoms with Gasteiger partial charge in [0.1, 0.15) is 11.4 Å². The number of hydrogen-bond donors (Lipinski definition) is 1. The second kappa shape index (κ2) is 8.66. The van der Waals surface area contributed by atoms with Crippen molar-refractivity contribution in [3.05, 3.63) is 96.2 Å². The zero-order chi connectivity index (χ0) is 20.9. The molecule has 4 aromatic rings. The van der Waals surface area contributed by atoms with Crippen molar-refractivity contribution in [2.75, 3.05) is 12.4 Å². The molecule has 0 atom stereocenters. The highest BCUT2D eigenvalue weighted by molar-refractivity contribution is 6.08. The predicted molar refractivity (Wildman–Crippen MR) is 119 cm³/mol. The van der Waals surface area contributed by atoms with E-state index in [4.69, 9.17) is 9.84 Å². The molecule has 0 unspecified atom stereocenters. The van der Waals surface area contributed by atoms with Crippen LogP contribution in [0.4, 0.5) is 5.69 Å². The average molecular weight is 397 g/mol. The monoisotopic (exact) mass is 397 g/mol. The summed E-state index contributed by atoms with van der Waals surface area (Å²) >= 11 is 0. The highest BCUT2D eigenvalue weighted by atomic mass is 16.5.